The first-order valence-corrected chi connectivity index (χ1v) is 11.6. The first kappa shape index (κ1) is 23.3. The van der Waals surface area contributed by atoms with Crippen molar-refractivity contribution in [3.8, 4) is 16.9 Å². The Morgan fingerprint density at radius 2 is 1.81 bits per heavy atom. The molecule has 0 fully saturated rings. The average molecular weight is 453 g/mol. The number of rotatable bonds is 9. The summed E-state index contributed by atoms with van der Waals surface area (Å²) < 4.78 is 10.8. The molecule has 32 heavy (non-hydrogen) atoms. The molecule has 7 heteroatoms. The Hall–Kier alpha value is -3.32. The number of nitrogens with one attached hydrogen (secondary N) is 1. The van der Waals surface area contributed by atoms with Crippen LogP contribution in [0, 0.1) is 0 Å². The molecule has 0 aliphatic rings. The fourth-order valence-electron chi connectivity index (χ4n) is 3.20. The van der Waals surface area contributed by atoms with Gasteiger partial charge in [-0.15, -0.1) is 11.3 Å². The fourth-order valence-corrected chi connectivity index (χ4v) is 4.15. The maximum absolute atomic E-state index is 12.9. The maximum atomic E-state index is 12.9. The largest absolute Gasteiger partial charge is 0.491 e. The molecule has 0 aliphatic heterocycles. The molecule has 6 nitrogen and oxygen atoms in total. The van der Waals surface area contributed by atoms with E-state index >= 15 is 0 Å². The van der Waals surface area contributed by atoms with Gasteiger partial charge < -0.3 is 20.5 Å². The maximum Gasteiger partial charge on any atom is 0.341 e. The molecule has 3 rings (SSSR count). The standard InChI is InChI=1S/C25H28N2O4S/c1-4-13-31-21-12-11-18(14-20(21)26)23(28)27-24-22(25(29)30-6-3)19(15-32-24)17-9-7-16(5-2)8-10-17/h7-12,14-15H,4-6,13,26H2,1-3H3,(H,27,28). The van der Waals surface area contributed by atoms with E-state index in [1.54, 1.807) is 25.1 Å². The molecule has 1 amide bonds. The van der Waals surface area contributed by atoms with Gasteiger partial charge in [0.25, 0.3) is 5.91 Å². The Kier molecular flexibility index (Phi) is 7.89. The number of hydrogen-bond donors (Lipinski definition) is 2. The van der Waals surface area contributed by atoms with Crippen molar-refractivity contribution in [2.75, 3.05) is 24.3 Å². The number of carbonyl (C=O) groups excluding carboxylic acids is 2. The van der Waals surface area contributed by atoms with Crippen LogP contribution < -0.4 is 15.8 Å². The molecule has 3 aromatic rings. The highest BCUT2D eigenvalue weighted by atomic mass is 32.1. The van der Waals surface area contributed by atoms with E-state index in [2.05, 4.69) is 12.2 Å². The number of esters is 1. The first-order chi connectivity index (χ1) is 15.5. The average Bonchev–Trinajstić information content (AvgIpc) is 3.22. The molecule has 0 radical (unpaired) electrons. The number of hydrogen-bond acceptors (Lipinski definition) is 6. The number of ether oxygens (including phenoxy) is 2. The molecule has 2 aromatic carbocycles. The Morgan fingerprint density at radius 1 is 1.06 bits per heavy atom. The third-order valence-corrected chi connectivity index (χ3v) is 5.80. The molecular formula is C25H28N2O4S. The van der Waals surface area contributed by atoms with Crippen LogP contribution in [-0.4, -0.2) is 25.1 Å². The van der Waals surface area contributed by atoms with Gasteiger partial charge in [-0.3, -0.25) is 4.79 Å². The first-order valence-electron chi connectivity index (χ1n) is 10.7. The van der Waals surface area contributed by atoms with Crippen molar-refractivity contribution >= 4 is 33.9 Å². The lowest BCUT2D eigenvalue weighted by molar-refractivity contribution is 0.0529. The van der Waals surface area contributed by atoms with Gasteiger partial charge in [-0.2, -0.15) is 0 Å². The van der Waals surface area contributed by atoms with Crippen molar-refractivity contribution in [1.29, 1.82) is 0 Å². The van der Waals surface area contributed by atoms with Crippen LogP contribution in [0.3, 0.4) is 0 Å². The van der Waals surface area contributed by atoms with Gasteiger partial charge in [-0.05, 0) is 49.1 Å². The number of thiophene rings is 1. The van der Waals surface area contributed by atoms with E-state index in [1.165, 1.54) is 16.9 Å². The lowest BCUT2D eigenvalue weighted by Crippen LogP contribution is -2.15. The van der Waals surface area contributed by atoms with Gasteiger partial charge in [0.15, 0.2) is 0 Å². The van der Waals surface area contributed by atoms with Crippen LogP contribution in [0.5, 0.6) is 5.75 Å². The number of nitrogen functional groups attached to an aromatic ring is 1. The molecule has 168 valence electrons. The Balaban J connectivity index is 1.90. The number of anilines is 2. The third kappa shape index (κ3) is 5.29. The lowest BCUT2D eigenvalue weighted by Gasteiger charge is -2.11. The van der Waals surface area contributed by atoms with Crippen molar-refractivity contribution in [1.82, 2.24) is 0 Å². The minimum absolute atomic E-state index is 0.242. The molecular weight excluding hydrogens is 424 g/mol. The third-order valence-electron chi connectivity index (χ3n) is 4.90. The highest BCUT2D eigenvalue weighted by Gasteiger charge is 2.23. The van der Waals surface area contributed by atoms with E-state index in [9.17, 15) is 9.59 Å². The molecule has 0 saturated heterocycles. The molecule has 0 bridgehead atoms. The Bertz CT molecular complexity index is 1090. The van der Waals surface area contributed by atoms with Crippen molar-refractivity contribution < 1.29 is 19.1 Å². The quantitative estimate of drug-likeness (QED) is 0.317. The highest BCUT2D eigenvalue weighted by molar-refractivity contribution is 7.15. The zero-order valence-electron chi connectivity index (χ0n) is 18.6. The molecule has 0 saturated carbocycles. The predicted molar refractivity (Wildman–Crippen MR) is 130 cm³/mol. The van der Waals surface area contributed by atoms with Crippen LogP contribution in [-0.2, 0) is 11.2 Å². The number of carbonyl (C=O) groups is 2. The Morgan fingerprint density at radius 3 is 2.44 bits per heavy atom. The van der Waals surface area contributed by atoms with Crippen molar-refractivity contribution in [3.05, 3.63) is 64.5 Å². The Labute approximate surface area is 192 Å². The van der Waals surface area contributed by atoms with E-state index in [0.717, 1.165) is 24.0 Å². The molecule has 0 spiro atoms. The zero-order valence-corrected chi connectivity index (χ0v) is 19.4. The summed E-state index contributed by atoms with van der Waals surface area (Å²) in [4.78, 5) is 25.7. The van der Waals surface area contributed by atoms with Crippen LogP contribution in [0.4, 0.5) is 10.7 Å². The highest BCUT2D eigenvalue weighted by Crippen LogP contribution is 2.37. The van der Waals surface area contributed by atoms with Gasteiger partial charge in [0.2, 0.25) is 0 Å². The zero-order chi connectivity index (χ0) is 23.1. The second-order valence-corrected chi connectivity index (χ2v) is 8.06. The summed E-state index contributed by atoms with van der Waals surface area (Å²) in [5.41, 5.74) is 9.99. The summed E-state index contributed by atoms with van der Waals surface area (Å²) >= 11 is 1.29. The smallest absolute Gasteiger partial charge is 0.341 e. The second kappa shape index (κ2) is 10.8. The summed E-state index contributed by atoms with van der Waals surface area (Å²) in [5, 5.41) is 5.15. The van der Waals surface area contributed by atoms with Crippen LogP contribution in [0.15, 0.2) is 47.8 Å². The molecule has 0 atom stereocenters. The van der Waals surface area contributed by atoms with Crippen LogP contribution in [0.25, 0.3) is 11.1 Å². The summed E-state index contributed by atoms with van der Waals surface area (Å²) in [5.74, 6) is -0.287. The predicted octanol–water partition coefficient (Wildman–Crippen LogP) is 5.78. The number of aryl methyl sites for hydroxylation is 1. The summed E-state index contributed by atoms with van der Waals surface area (Å²) in [6, 6.07) is 12.9. The van der Waals surface area contributed by atoms with Gasteiger partial charge in [-0.25, -0.2) is 4.79 Å². The molecule has 0 unspecified atom stereocenters. The molecule has 0 aliphatic carbocycles. The lowest BCUT2D eigenvalue weighted by atomic mass is 10.0. The van der Waals surface area contributed by atoms with Gasteiger partial charge in [0, 0.05) is 16.5 Å². The molecule has 1 aromatic heterocycles. The minimum atomic E-state index is -0.471. The normalized spacial score (nSPS) is 10.6. The summed E-state index contributed by atoms with van der Waals surface area (Å²) in [6.45, 7) is 6.64. The van der Waals surface area contributed by atoms with E-state index in [0.29, 0.717) is 34.2 Å². The van der Waals surface area contributed by atoms with E-state index in [4.69, 9.17) is 15.2 Å². The SMILES string of the molecule is CCCOc1ccc(C(=O)Nc2scc(-c3ccc(CC)cc3)c2C(=O)OCC)cc1N. The van der Waals surface area contributed by atoms with Crippen molar-refractivity contribution in [2.24, 2.45) is 0 Å². The summed E-state index contributed by atoms with van der Waals surface area (Å²) in [6.07, 6.45) is 1.79. The van der Waals surface area contributed by atoms with E-state index < -0.39 is 5.97 Å². The van der Waals surface area contributed by atoms with Gasteiger partial charge in [-0.1, -0.05) is 38.1 Å². The number of benzene rings is 2. The van der Waals surface area contributed by atoms with E-state index in [-0.39, 0.29) is 12.5 Å². The van der Waals surface area contributed by atoms with Crippen molar-refractivity contribution in [3.63, 3.8) is 0 Å². The second-order valence-electron chi connectivity index (χ2n) is 7.18. The van der Waals surface area contributed by atoms with Crippen LogP contribution in [0.1, 0.15) is 53.5 Å². The topological polar surface area (TPSA) is 90.6 Å². The van der Waals surface area contributed by atoms with Gasteiger partial charge in [0.05, 0.1) is 18.9 Å². The van der Waals surface area contributed by atoms with Crippen molar-refractivity contribution in [2.45, 2.75) is 33.6 Å². The van der Waals surface area contributed by atoms with E-state index in [1.807, 2.05) is 36.6 Å². The van der Waals surface area contributed by atoms with Crippen LogP contribution in [0.2, 0.25) is 0 Å². The minimum Gasteiger partial charge on any atom is -0.491 e. The molecule has 1 heterocycles. The van der Waals surface area contributed by atoms with Gasteiger partial charge in [0.1, 0.15) is 16.3 Å². The number of amides is 1. The molecule has 3 N–H and O–H groups in total. The summed E-state index contributed by atoms with van der Waals surface area (Å²) in [7, 11) is 0. The fraction of sp³-hybridized carbons (Fsp3) is 0.280. The number of nitrogens with two attached hydrogens (primary N) is 1. The van der Waals surface area contributed by atoms with Gasteiger partial charge >= 0.3 is 5.97 Å². The van der Waals surface area contributed by atoms with Crippen LogP contribution >= 0.6 is 11.3 Å². The monoisotopic (exact) mass is 452 g/mol.